The number of amides is 2. The van der Waals surface area contributed by atoms with Crippen LogP contribution in [0.15, 0.2) is 23.1 Å². The number of sulfone groups is 1. The maximum Gasteiger partial charge on any atom is 0.249 e. The number of anilines is 1. The van der Waals surface area contributed by atoms with Crippen LogP contribution in [-0.2, 0) is 19.4 Å². The largest absolute Gasteiger partial charge is 0.315 e. The van der Waals surface area contributed by atoms with Gasteiger partial charge in [0.15, 0.2) is 15.0 Å². The van der Waals surface area contributed by atoms with Crippen LogP contribution in [0.5, 0.6) is 0 Å². The van der Waals surface area contributed by atoms with Crippen LogP contribution in [-0.4, -0.2) is 53.0 Å². The number of thiazole rings is 1. The van der Waals surface area contributed by atoms with E-state index in [0.29, 0.717) is 27.5 Å². The minimum atomic E-state index is -3.30. The van der Waals surface area contributed by atoms with Crippen LogP contribution in [0, 0.1) is 0 Å². The molecule has 10 heteroatoms. The van der Waals surface area contributed by atoms with E-state index in [0.717, 1.165) is 12.7 Å². The zero-order valence-electron chi connectivity index (χ0n) is 14.2. The molecule has 0 aliphatic carbocycles. The number of carbonyl (C=O) groups is 2. The average Bonchev–Trinajstić information content (AvgIpc) is 3.19. The van der Waals surface area contributed by atoms with E-state index < -0.39 is 15.9 Å². The van der Waals surface area contributed by atoms with Crippen molar-refractivity contribution in [3.63, 3.8) is 0 Å². The van der Waals surface area contributed by atoms with Gasteiger partial charge in [-0.25, -0.2) is 13.4 Å². The molecular weight excluding hydrogens is 394 g/mol. The molecule has 2 saturated heterocycles. The molecule has 2 fully saturated rings. The normalized spacial score (nSPS) is 25.7. The number of hydrogen-bond acceptors (Lipinski definition) is 7. The number of thioether (sulfide) groups is 1. The van der Waals surface area contributed by atoms with Gasteiger partial charge < -0.3 is 10.2 Å². The van der Waals surface area contributed by atoms with Crippen molar-refractivity contribution in [2.24, 2.45) is 0 Å². The van der Waals surface area contributed by atoms with Crippen molar-refractivity contribution in [1.82, 2.24) is 9.88 Å². The van der Waals surface area contributed by atoms with E-state index in [1.54, 1.807) is 28.8 Å². The Kier molecular flexibility index (Phi) is 4.05. The van der Waals surface area contributed by atoms with Gasteiger partial charge in [-0.15, -0.1) is 11.8 Å². The monoisotopic (exact) mass is 411 g/mol. The highest BCUT2D eigenvalue weighted by atomic mass is 32.2. The highest BCUT2D eigenvalue weighted by Gasteiger charge is 2.52. The van der Waals surface area contributed by atoms with Crippen molar-refractivity contribution in [3.8, 4) is 0 Å². The third kappa shape index (κ3) is 2.89. The molecule has 0 spiro atoms. The first kappa shape index (κ1) is 17.7. The molecule has 26 heavy (non-hydrogen) atoms. The number of nitrogens with one attached hydrogen (secondary N) is 1. The highest BCUT2D eigenvalue weighted by Crippen LogP contribution is 2.47. The number of rotatable bonds is 3. The van der Waals surface area contributed by atoms with Gasteiger partial charge in [0.1, 0.15) is 6.04 Å². The standard InChI is InChI=1S/C16H17N3O4S3/c1-16-6-5-13(20)19(16)11(8-24-16)14(21)18-15-17-10-4-3-9(26(2,22)23)7-12(10)25-15/h3-4,7,11H,5-6,8H2,1-2H3,(H,17,18,21)/t11-,16-/m0/s1. The van der Waals surface area contributed by atoms with Gasteiger partial charge in [-0.05, 0) is 31.5 Å². The maximum atomic E-state index is 12.7. The van der Waals surface area contributed by atoms with E-state index in [9.17, 15) is 18.0 Å². The van der Waals surface area contributed by atoms with Crippen LogP contribution in [0.4, 0.5) is 5.13 Å². The number of aromatic nitrogens is 1. The van der Waals surface area contributed by atoms with E-state index in [4.69, 9.17) is 0 Å². The zero-order valence-corrected chi connectivity index (χ0v) is 16.6. The fraction of sp³-hybridized carbons (Fsp3) is 0.438. The second-order valence-electron chi connectivity index (χ2n) is 6.68. The molecule has 0 saturated carbocycles. The minimum Gasteiger partial charge on any atom is -0.315 e. The fourth-order valence-electron chi connectivity index (χ4n) is 3.39. The number of benzene rings is 1. The third-order valence-corrected chi connectivity index (χ3v) is 8.31. The molecule has 7 nitrogen and oxygen atoms in total. The van der Waals surface area contributed by atoms with Crippen molar-refractivity contribution >= 4 is 60.1 Å². The summed E-state index contributed by atoms with van der Waals surface area (Å²) in [5.41, 5.74) is 0.626. The summed E-state index contributed by atoms with van der Waals surface area (Å²) in [7, 11) is -3.30. The summed E-state index contributed by atoms with van der Waals surface area (Å²) in [5.74, 6) is 0.329. The summed E-state index contributed by atoms with van der Waals surface area (Å²) in [6.07, 6.45) is 2.39. The smallest absolute Gasteiger partial charge is 0.249 e. The van der Waals surface area contributed by atoms with Gasteiger partial charge in [-0.2, -0.15) is 0 Å². The Morgan fingerprint density at radius 3 is 2.92 bits per heavy atom. The van der Waals surface area contributed by atoms with Gasteiger partial charge in [-0.3, -0.25) is 9.59 Å². The van der Waals surface area contributed by atoms with Crippen molar-refractivity contribution in [3.05, 3.63) is 18.2 Å². The first-order chi connectivity index (χ1) is 12.2. The Labute approximate surface area is 159 Å². The number of carbonyl (C=O) groups excluding carboxylic acids is 2. The Hall–Kier alpha value is -1.65. The predicted octanol–water partition coefficient (Wildman–Crippen LogP) is 2.09. The maximum absolute atomic E-state index is 12.7. The summed E-state index contributed by atoms with van der Waals surface area (Å²) < 4.78 is 24.0. The van der Waals surface area contributed by atoms with Crippen molar-refractivity contribution in [2.75, 3.05) is 17.3 Å². The Morgan fingerprint density at radius 2 is 2.19 bits per heavy atom. The van der Waals surface area contributed by atoms with Gasteiger partial charge in [-0.1, -0.05) is 11.3 Å². The van der Waals surface area contributed by atoms with Gasteiger partial charge >= 0.3 is 0 Å². The van der Waals surface area contributed by atoms with Gasteiger partial charge in [0.05, 0.1) is 20.0 Å². The molecule has 2 atom stereocenters. The lowest BCUT2D eigenvalue weighted by Crippen LogP contribution is -2.48. The molecule has 1 aromatic carbocycles. The molecule has 1 N–H and O–H groups in total. The second-order valence-corrected chi connectivity index (χ2v) is 11.2. The summed E-state index contributed by atoms with van der Waals surface area (Å²) in [6.45, 7) is 2.00. The molecule has 0 radical (unpaired) electrons. The Balaban J connectivity index is 1.57. The van der Waals surface area contributed by atoms with Gasteiger partial charge in [0.25, 0.3) is 0 Å². The van der Waals surface area contributed by atoms with Crippen LogP contribution in [0.2, 0.25) is 0 Å². The summed E-state index contributed by atoms with van der Waals surface area (Å²) >= 11 is 2.86. The third-order valence-electron chi connectivity index (χ3n) is 4.77. The molecule has 1 aromatic heterocycles. The van der Waals surface area contributed by atoms with Crippen molar-refractivity contribution in [2.45, 2.75) is 35.6 Å². The lowest BCUT2D eigenvalue weighted by Gasteiger charge is -2.29. The molecule has 3 heterocycles. The van der Waals surface area contributed by atoms with Gasteiger partial charge in [0.2, 0.25) is 11.8 Å². The predicted molar refractivity (Wildman–Crippen MR) is 102 cm³/mol. The van der Waals surface area contributed by atoms with Crippen LogP contribution < -0.4 is 5.32 Å². The summed E-state index contributed by atoms with van der Waals surface area (Å²) in [5, 5.41) is 3.20. The zero-order chi connectivity index (χ0) is 18.7. The van der Waals surface area contributed by atoms with Crippen LogP contribution in [0.3, 0.4) is 0 Å². The molecular formula is C16H17N3O4S3. The number of hydrogen-bond donors (Lipinski definition) is 1. The topological polar surface area (TPSA) is 96.4 Å². The molecule has 0 unspecified atom stereocenters. The number of nitrogens with zero attached hydrogens (tertiary/aromatic N) is 2. The van der Waals surface area contributed by atoms with E-state index >= 15 is 0 Å². The second kappa shape index (κ2) is 5.93. The quantitative estimate of drug-likeness (QED) is 0.831. The van der Waals surface area contributed by atoms with Crippen LogP contribution in [0.25, 0.3) is 10.2 Å². The van der Waals surface area contributed by atoms with E-state index in [-0.39, 0.29) is 21.6 Å². The lowest BCUT2D eigenvalue weighted by atomic mass is 10.2. The molecule has 2 amide bonds. The van der Waals surface area contributed by atoms with E-state index in [1.807, 2.05) is 6.92 Å². The highest BCUT2D eigenvalue weighted by molar-refractivity contribution is 8.01. The summed E-state index contributed by atoms with van der Waals surface area (Å²) in [4.78, 5) is 30.8. The van der Waals surface area contributed by atoms with Crippen molar-refractivity contribution in [1.29, 1.82) is 0 Å². The molecule has 4 rings (SSSR count). The molecule has 2 aliphatic heterocycles. The molecule has 0 bridgehead atoms. The minimum absolute atomic E-state index is 0.0137. The van der Waals surface area contributed by atoms with E-state index in [1.165, 1.54) is 17.4 Å². The number of fused-ring (bicyclic) bond motifs is 2. The molecule has 138 valence electrons. The van der Waals surface area contributed by atoms with Crippen LogP contribution in [0.1, 0.15) is 19.8 Å². The SMILES string of the molecule is C[C@]12CCC(=O)N1[C@H](C(=O)Nc1nc3ccc(S(C)(=O)=O)cc3s1)CS2. The lowest BCUT2D eigenvalue weighted by molar-refractivity contribution is -0.135. The Bertz CT molecular complexity index is 1030. The average molecular weight is 412 g/mol. The van der Waals surface area contributed by atoms with Gasteiger partial charge in [0, 0.05) is 18.4 Å². The summed E-state index contributed by atoms with van der Waals surface area (Å²) in [6, 6.07) is 4.19. The first-order valence-electron chi connectivity index (χ1n) is 8.05. The van der Waals surface area contributed by atoms with E-state index in [2.05, 4.69) is 10.3 Å². The van der Waals surface area contributed by atoms with Crippen LogP contribution >= 0.6 is 23.1 Å². The van der Waals surface area contributed by atoms with Crippen molar-refractivity contribution < 1.29 is 18.0 Å². The molecule has 2 aromatic rings. The Morgan fingerprint density at radius 1 is 1.42 bits per heavy atom. The molecule has 2 aliphatic rings. The first-order valence-corrected chi connectivity index (χ1v) is 11.7. The fourth-order valence-corrected chi connectivity index (χ4v) is 6.45.